The van der Waals surface area contributed by atoms with Crippen LogP contribution in [0.2, 0.25) is 0 Å². The quantitative estimate of drug-likeness (QED) is 0.833. The monoisotopic (exact) mass is 341 g/mol. The van der Waals surface area contributed by atoms with E-state index in [1.165, 1.54) is 24.2 Å². The Morgan fingerprint density at radius 2 is 2.16 bits per heavy atom. The zero-order valence-corrected chi connectivity index (χ0v) is 14.9. The lowest BCUT2D eigenvalue weighted by Gasteiger charge is -2.32. The molecule has 5 nitrogen and oxygen atoms in total. The minimum absolute atomic E-state index is 0.0667. The van der Waals surface area contributed by atoms with Crippen LogP contribution in [-0.4, -0.2) is 36.0 Å². The fourth-order valence-electron chi connectivity index (χ4n) is 3.90. The lowest BCUT2D eigenvalue weighted by Crippen LogP contribution is -2.53. The van der Waals surface area contributed by atoms with E-state index in [1.54, 1.807) is 13.1 Å². The molecule has 1 aliphatic carbocycles. The average Bonchev–Trinajstić information content (AvgIpc) is 2.85. The predicted octanol–water partition coefficient (Wildman–Crippen LogP) is 3.41. The van der Waals surface area contributed by atoms with Crippen molar-refractivity contribution in [1.82, 2.24) is 10.2 Å². The maximum absolute atomic E-state index is 12.9. The maximum Gasteiger partial charge on any atom is 0.258 e. The predicted molar refractivity (Wildman–Crippen MR) is 99.6 cm³/mol. The van der Waals surface area contributed by atoms with E-state index in [4.69, 9.17) is 10.1 Å². The van der Waals surface area contributed by atoms with Gasteiger partial charge < -0.3 is 10.1 Å². The second-order valence-electron chi connectivity index (χ2n) is 7.19. The van der Waals surface area contributed by atoms with Crippen molar-refractivity contribution in [3.05, 3.63) is 36.4 Å². The van der Waals surface area contributed by atoms with Crippen LogP contribution in [0.15, 0.2) is 30.8 Å². The molecule has 0 spiro atoms. The molecule has 2 aliphatic rings. The number of nitrogens with zero attached hydrogens (tertiary/aromatic N) is 1. The van der Waals surface area contributed by atoms with Gasteiger partial charge in [-0.05, 0) is 30.0 Å². The van der Waals surface area contributed by atoms with Gasteiger partial charge in [-0.3, -0.25) is 15.1 Å². The number of ether oxygens (including phenoxy) is 1. The number of carbonyl (C=O) groups is 1. The van der Waals surface area contributed by atoms with E-state index in [9.17, 15) is 4.79 Å². The molecule has 1 atom stereocenters. The zero-order chi connectivity index (χ0) is 17.9. The molecule has 0 aromatic heterocycles. The third-order valence-corrected chi connectivity index (χ3v) is 5.35. The molecule has 1 saturated heterocycles. The molecule has 1 unspecified atom stereocenters. The Hall–Kier alpha value is -2.30. The summed E-state index contributed by atoms with van der Waals surface area (Å²) in [6, 6.07) is 7.67. The molecule has 0 radical (unpaired) electrons. The van der Waals surface area contributed by atoms with Crippen molar-refractivity contribution in [2.24, 2.45) is 5.92 Å². The zero-order valence-electron chi connectivity index (χ0n) is 14.9. The second kappa shape index (κ2) is 7.30. The highest BCUT2D eigenvalue weighted by atomic mass is 16.5. The van der Waals surface area contributed by atoms with Gasteiger partial charge in [-0.1, -0.05) is 56.9 Å². The van der Waals surface area contributed by atoms with E-state index >= 15 is 0 Å². The van der Waals surface area contributed by atoms with Crippen LogP contribution in [0.3, 0.4) is 0 Å². The fraction of sp³-hybridized carbons (Fsp3) is 0.500. The SMILES string of the molecule is C=Cc1cccc(OCC2(CC3CCCCC3)NC(=N)N(C)C2=O)c1. The molecule has 5 heteroatoms. The van der Waals surface area contributed by atoms with Gasteiger partial charge in [-0.2, -0.15) is 0 Å². The number of hydrogen-bond donors (Lipinski definition) is 2. The van der Waals surface area contributed by atoms with Crippen LogP contribution < -0.4 is 10.1 Å². The van der Waals surface area contributed by atoms with E-state index in [0.29, 0.717) is 5.92 Å². The van der Waals surface area contributed by atoms with Crippen molar-refractivity contribution in [2.45, 2.75) is 44.1 Å². The van der Waals surface area contributed by atoms with E-state index < -0.39 is 5.54 Å². The Morgan fingerprint density at radius 1 is 1.40 bits per heavy atom. The summed E-state index contributed by atoms with van der Waals surface area (Å²) < 4.78 is 5.99. The third-order valence-electron chi connectivity index (χ3n) is 5.35. The lowest BCUT2D eigenvalue weighted by atomic mass is 9.79. The van der Waals surface area contributed by atoms with Crippen molar-refractivity contribution in [3.8, 4) is 5.75 Å². The molecule has 1 saturated carbocycles. The number of amides is 1. The number of likely N-dealkylation sites (N-methyl/N-ethyl adjacent to an activating group) is 1. The van der Waals surface area contributed by atoms with Gasteiger partial charge in [0.05, 0.1) is 0 Å². The first-order valence-corrected chi connectivity index (χ1v) is 9.04. The van der Waals surface area contributed by atoms with Gasteiger partial charge in [0.1, 0.15) is 12.4 Å². The van der Waals surface area contributed by atoms with Crippen molar-refractivity contribution < 1.29 is 9.53 Å². The maximum atomic E-state index is 12.9. The summed E-state index contributed by atoms with van der Waals surface area (Å²) >= 11 is 0. The van der Waals surface area contributed by atoms with Gasteiger partial charge >= 0.3 is 0 Å². The highest BCUT2D eigenvalue weighted by Crippen LogP contribution is 2.34. The largest absolute Gasteiger partial charge is 0.491 e. The Morgan fingerprint density at radius 3 is 2.80 bits per heavy atom. The van der Waals surface area contributed by atoms with Crippen molar-refractivity contribution >= 4 is 17.9 Å². The Kier molecular flexibility index (Phi) is 5.11. The van der Waals surface area contributed by atoms with Gasteiger partial charge in [0.25, 0.3) is 5.91 Å². The molecular weight excluding hydrogens is 314 g/mol. The second-order valence-corrected chi connectivity index (χ2v) is 7.19. The van der Waals surface area contributed by atoms with E-state index in [0.717, 1.165) is 30.6 Å². The molecule has 2 N–H and O–H groups in total. The Bertz CT molecular complexity index is 667. The first-order valence-electron chi connectivity index (χ1n) is 9.04. The Balaban J connectivity index is 1.77. The molecule has 0 bridgehead atoms. The van der Waals surface area contributed by atoms with Gasteiger partial charge in [0, 0.05) is 7.05 Å². The molecule has 1 amide bonds. The van der Waals surface area contributed by atoms with Gasteiger partial charge in [0.2, 0.25) is 0 Å². The minimum Gasteiger partial charge on any atom is -0.491 e. The number of rotatable bonds is 6. The molecule has 1 aliphatic heterocycles. The highest BCUT2D eigenvalue weighted by molar-refractivity contribution is 6.07. The van der Waals surface area contributed by atoms with Gasteiger partial charge in [-0.25, -0.2) is 0 Å². The summed E-state index contributed by atoms with van der Waals surface area (Å²) in [7, 11) is 1.65. The van der Waals surface area contributed by atoms with Crippen molar-refractivity contribution in [2.75, 3.05) is 13.7 Å². The average molecular weight is 341 g/mol. The van der Waals surface area contributed by atoms with Crippen molar-refractivity contribution in [3.63, 3.8) is 0 Å². The standard InChI is InChI=1S/C20H27N3O2/c1-3-15-10-7-11-17(12-15)25-14-20(13-16-8-5-4-6-9-16)18(24)23(2)19(21)22-20/h3,7,10-12,16H,1,4-6,8-9,13-14H2,2H3,(H2,21,22). The first-order chi connectivity index (χ1) is 12.0. The van der Waals surface area contributed by atoms with Crippen LogP contribution in [-0.2, 0) is 4.79 Å². The van der Waals surface area contributed by atoms with E-state index in [1.807, 2.05) is 24.3 Å². The summed E-state index contributed by atoms with van der Waals surface area (Å²) in [6.07, 6.45) is 8.53. The topological polar surface area (TPSA) is 65.4 Å². The minimum atomic E-state index is -0.835. The molecule has 25 heavy (non-hydrogen) atoms. The van der Waals surface area contributed by atoms with Crippen LogP contribution in [0.1, 0.15) is 44.1 Å². The van der Waals surface area contributed by atoms with Crippen LogP contribution in [0, 0.1) is 11.3 Å². The number of carbonyl (C=O) groups excluding carboxylic acids is 1. The summed E-state index contributed by atoms with van der Waals surface area (Å²) in [5.74, 6) is 1.32. The fourth-order valence-corrected chi connectivity index (χ4v) is 3.90. The highest BCUT2D eigenvalue weighted by Gasteiger charge is 2.50. The molecule has 134 valence electrons. The van der Waals surface area contributed by atoms with E-state index in [-0.39, 0.29) is 18.5 Å². The molecule has 1 aromatic rings. The van der Waals surface area contributed by atoms with E-state index in [2.05, 4.69) is 11.9 Å². The van der Waals surface area contributed by atoms with Crippen LogP contribution in [0.4, 0.5) is 0 Å². The molecule has 1 aromatic carbocycles. The summed E-state index contributed by atoms with van der Waals surface area (Å²) in [5, 5.41) is 11.2. The third kappa shape index (κ3) is 3.70. The summed E-state index contributed by atoms with van der Waals surface area (Å²) in [4.78, 5) is 14.3. The smallest absolute Gasteiger partial charge is 0.258 e. The molecule has 1 heterocycles. The number of guanidine groups is 1. The summed E-state index contributed by atoms with van der Waals surface area (Å²) in [5.41, 5.74) is 0.146. The first kappa shape index (κ1) is 17.5. The molecular formula is C20H27N3O2. The van der Waals surface area contributed by atoms with Crippen molar-refractivity contribution in [1.29, 1.82) is 5.41 Å². The normalized spacial score (nSPS) is 24.3. The van der Waals surface area contributed by atoms with Crippen LogP contribution in [0.5, 0.6) is 5.75 Å². The number of nitrogens with one attached hydrogen (secondary N) is 2. The lowest BCUT2D eigenvalue weighted by molar-refractivity contribution is -0.132. The number of hydrogen-bond acceptors (Lipinski definition) is 3. The number of benzene rings is 1. The van der Waals surface area contributed by atoms with Crippen LogP contribution in [0.25, 0.3) is 6.08 Å². The molecule has 3 rings (SSSR count). The van der Waals surface area contributed by atoms with Gasteiger partial charge in [0.15, 0.2) is 11.5 Å². The Labute approximate surface area is 149 Å². The van der Waals surface area contributed by atoms with Crippen LogP contribution >= 0.6 is 0 Å². The summed E-state index contributed by atoms with van der Waals surface area (Å²) in [6.45, 7) is 4.01. The molecule has 2 fully saturated rings. The van der Waals surface area contributed by atoms with Gasteiger partial charge in [-0.15, -0.1) is 0 Å².